The second-order valence-electron chi connectivity index (χ2n) is 8.52. The number of nitrogens with zero attached hydrogens (tertiary/aromatic N) is 2. The Labute approximate surface area is 187 Å². The SMILES string of the molecule is COCCN(Cc1cccc(C(C)=O)c1)CC1CCN(Cc2ccccc2OC)CC1. The summed E-state index contributed by atoms with van der Waals surface area (Å²) in [6.07, 6.45) is 2.40. The van der Waals surface area contributed by atoms with Gasteiger partial charge in [-0.25, -0.2) is 0 Å². The second kappa shape index (κ2) is 12.0. The normalized spacial score (nSPS) is 15.4. The van der Waals surface area contributed by atoms with Crippen molar-refractivity contribution in [2.75, 3.05) is 47.0 Å². The third kappa shape index (κ3) is 7.17. The molecule has 5 heteroatoms. The number of Topliss-reactive ketones (excluding diaryl/α,β-unsaturated/α-hetero) is 1. The smallest absolute Gasteiger partial charge is 0.159 e. The van der Waals surface area contributed by atoms with Crippen molar-refractivity contribution in [3.63, 3.8) is 0 Å². The Balaban J connectivity index is 1.54. The van der Waals surface area contributed by atoms with Gasteiger partial charge in [-0.2, -0.15) is 0 Å². The van der Waals surface area contributed by atoms with Crippen molar-refractivity contribution in [3.8, 4) is 5.75 Å². The van der Waals surface area contributed by atoms with Gasteiger partial charge in [-0.3, -0.25) is 14.6 Å². The first-order valence-electron chi connectivity index (χ1n) is 11.2. The topological polar surface area (TPSA) is 42.0 Å². The van der Waals surface area contributed by atoms with E-state index in [1.54, 1.807) is 21.1 Å². The number of ketones is 1. The number of carbonyl (C=O) groups is 1. The fraction of sp³-hybridized carbons (Fsp3) is 0.500. The highest BCUT2D eigenvalue weighted by atomic mass is 16.5. The molecule has 0 atom stereocenters. The average Bonchev–Trinajstić information content (AvgIpc) is 2.79. The molecule has 5 nitrogen and oxygen atoms in total. The van der Waals surface area contributed by atoms with E-state index in [4.69, 9.17) is 9.47 Å². The first kappa shape index (κ1) is 23.5. The number of rotatable bonds is 11. The van der Waals surface area contributed by atoms with E-state index >= 15 is 0 Å². The number of likely N-dealkylation sites (tertiary alicyclic amines) is 1. The molecule has 0 saturated carbocycles. The molecule has 0 spiro atoms. The molecule has 1 aliphatic rings. The Bertz CT molecular complexity index is 831. The summed E-state index contributed by atoms with van der Waals surface area (Å²) in [6.45, 7) is 8.34. The van der Waals surface area contributed by atoms with Gasteiger partial charge in [0.2, 0.25) is 0 Å². The summed E-state index contributed by atoms with van der Waals surface area (Å²) < 4.78 is 10.9. The number of carbonyl (C=O) groups excluding carboxylic acids is 1. The number of piperidine rings is 1. The van der Waals surface area contributed by atoms with E-state index in [1.807, 2.05) is 30.3 Å². The Kier molecular flexibility index (Phi) is 9.07. The molecule has 3 rings (SSSR count). The maximum absolute atomic E-state index is 11.7. The number of hydrogen-bond donors (Lipinski definition) is 0. The molecule has 2 aromatic carbocycles. The maximum atomic E-state index is 11.7. The lowest BCUT2D eigenvalue weighted by Crippen LogP contribution is -2.39. The van der Waals surface area contributed by atoms with Gasteiger partial charge in [-0.15, -0.1) is 0 Å². The van der Waals surface area contributed by atoms with E-state index in [0.717, 1.165) is 57.2 Å². The summed E-state index contributed by atoms with van der Waals surface area (Å²) in [5.41, 5.74) is 3.24. The summed E-state index contributed by atoms with van der Waals surface area (Å²) in [7, 11) is 3.50. The van der Waals surface area contributed by atoms with Crippen LogP contribution in [0.2, 0.25) is 0 Å². The van der Waals surface area contributed by atoms with E-state index < -0.39 is 0 Å². The van der Waals surface area contributed by atoms with E-state index in [0.29, 0.717) is 5.92 Å². The van der Waals surface area contributed by atoms with Gasteiger partial charge in [0.1, 0.15) is 5.75 Å². The minimum atomic E-state index is 0.118. The Morgan fingerprint density at radius 1 is 1.10 bits per heavy atom. The lowest BCUT2D eigenvalue weighted by molar-refractivity contribution is 0.101. The number of ether oxygens (including phenoxy) is 2. The molecule has 0 aliphatic carbocycles. The third-order valence-electron chi connectivity index (χ3n) is 6.16. The summed E-state index contributed by atoms with van der Waals surface area (Å²) in [5.74, 6) is 1.78. The molecule has 1 saturated heterocycles. The highest BCUT2D eigenvalue weighted by molar-refractivity contribution is 5.94. The predicted octanol–water partition coefficient (Wildman–Crippen LogP) is 4.26. The van der Waals surface area contributed by atoms with E-state index in [9.17, 15) is 4.79 Å². The largest absolute Gasteiger partial charge is 0.496 e. The van der Waals surface area contributed by atoms with Gasteiger partial charge in [0.05, 0.1) is 13.7 Å². The van der Waals surface area contributed by atoms with Crippen molar-refractivity contribution < 1.29 is 14.3 Å². The lowest BCUT2D eigenvalue weighted by atomic mass is 9.95. The van der Waals surface area contributed by atoms with Crippen molar-refractivity contribution in [2.24, 2.45) is 5.92 Å². The Morgan fingerprint density at radius 3 is 2.58 bits per heavy atom. The van der Waals surface area contributed by atoms with E-state index in [2.05, 4.69) is 28.0 Å². The Hall–Kier alpha value is -2.21. The van der Waals surface area contributed by atoms with Gasteiger partial charge in [-0.1, -0.05) is 36.4 Å². The van der Waals surface area contributed by atoms with Crippen LogP contribution in [0.25, 0.3) is 0 Å². The van der Waals surface area contributed by atoms with Crippen LogP contribution in [0.5, 0.6) is 5.75 Å². The molecule has 0 bridgehead atoms. The van der Waals surface area contributed by atoms with Crippen molar-refractivity contribution in [2.45, 2.75) is 32.9 Å². The molecule has 168 valence electrons. The minimum Gasteiger partial charge on any atom is -0.496 e. The molecule has 0 unspecified atom stereocenters. The molecule has 0 radical (unpaired) electrons. The van der Waals surface area contributed by atoms with Gasteiger partial charge in [-0.05, 0) is 56.5 Å². The number of benzene rings is 2. The zero-order valence-electron chi connectivity index (χ0n) is 19.2. The van der Waals surface area contributed by atoms with Gasteiger partial charge < -0.3 is 9.47 Å². The highest BCUT2D eigenvalue weighted by Crippen LogP contribution is 2.24. The summed E-state index contributed by atoms with van der Waals surface area (Å²) in [5, 5.41) is 0. The summed E-state index contributed by atoms with van der Waals surface area (Å²) in [6, 6.07) is 16.3. The van der Waals surface area contributed by atoms with Gasteiger partial charge in [0.15, 0.2) is 5.78 Å². The molecule has 0 N–H and O–H groups in total. The molecule has 0 aromatic heterocycles. The average molecular weight is 425 g/mol. The fourth-order valence-corrected chi connectivity index (χ4v) is 4.37. The van der Waals surface area contributed by atoms with Crippen LogP contribution in [-0.4, -0.2) is 62.6 Å². The highest BCUT2D eigenvalue weighted by Gasteiger charge is 2.22. The third-order valence-corrected chi connectivity index (χ3v) is 6.16. The van der Waals surface area contributed by atoms with Crippen molar-refractivity contribution in [3.05, 3.63) is 65.2 Å². The number of methoxy groups -OCH3 is 2. The molecule has 0 amide bonds. The van der Waals surface area contributed by atoms with Crippen molar-refractivity contribution in [1.29, 1.82) is 0 Å². The van der Waals surface area contributed by atoms with Gasteiger partial charge >= 0.3 is 0 Å². The number of hydrogen-bond acceptors (Lipinski definition) is 5. The second-order valence-corrected chi connectivity index (χ2v) is 8.52. The lowest BCUT2D eigenvalue weighted by Gasteiger charge is -2.35. The summed E-state index contributed by atoms with van der Waals surface area (Å²) in [4.78, 5) is 16.7. The van der Waals surface area contributed by atoms with Crippen LogP contribution >= 0.6 is 0 Å². The molecular weight excluding hydrogens is 388 g/mol. The van der Waals surface area contributed by atoms with E-state index in [-0.39, 0.29) is 5.78 Å². The molecule has 1 fully saturated rings. The first-order chi connectivity index (χ1) is 15.1. The standard InChI is InChI=1S/C26H36N2O3/c1-21(29)24-9-6-7-23(17-24)19-28(15-16-30-2)18-22-11-13-27(14-12-22)20-25-8-4-5-10-26(25)31-3/h4-10,17,22H,11-16,18-20H2,1-3H3. The van der Waals surface area contributed by atoms with Crippen molar-refractivity contribution in [1.82, 2.24) is 9.80 Å². The Morgan fingerprint density at radius 2 is 1.87 bits per heavy atom. The van der Waals surface area contributed by atoms with Crippen LogP contribution in [0.1, 0.15) is 41.3 Å². The van der Waals surface area contributed by atoms with E-state index in [1.165, 1.54) is 24.0 Å². The molecule has 1 aliphatic heterocycles. The van der Waals surface area contributed by atoms with Crippen LogP contribution in [-0.2, 0) is 17.8 Å². The van der Waals surface area contributed by atoms with Gasteiger partial charge in [0.25, 0.3) is 0 Å². The molecule has 31 heavy (non-hydrogen) atoms. The quantitative estimate of drug-likeness (QED) is 0.504. The fourth-order valence-electron chi connectivity index (χ4n) is 4.37. The van der Waals surface area contributed by atoms with Crippen LogP contribution in [0.4, 0.5) is 0 Å². The molecular formula is C26H36N2O3. The van der Waals surface area contributed by atoms with Crippen LogP contribution in [0.15, 0.2) is 48.5 Å². The molecule has 2 aromatic rings. The predicted molar refractivity (Wildman–Crippen MR) is 125 cm³/mol. The monoisotopic (exact) mass is 424 g/mol. The van der Waals surface area contributed by atoms with Crippen LogP contribution < -0.4 is 4.74 Å². The van der Waals surface area contributed by atoms with Gasteiger partial charge in [0, 0.05) is 44.4 Å². The van der Waals surface area contributed by atoms with Crippen LogP contribution in [0.3, 0.4) is 0 Å². The number of para-hydroxylation sites is 1. The first-order valence-corrected chi connectivity index (χ1v) is 11.2. The summed E-state index contributed by atoms with van der Waals surface area (Å²) >= 11 is 0. The maximum Gasteiger partial charge on any atom is 0.159 e. The minimum absolute atomic E-state index is 0.118. The zero-order chi connectivity index (χ0) is 22.1. The zero-order valence-corrected chi connectivity index (χ0v) is 19.2. The molecule has 1 heterocycles. The van der Waals surface area contributed by atoms with Crippen molar-refractivity contribution >= 4 is 5.78 Å². The van der Waals surface area contributed by atoms with Crippen LogP contribution in [0, 0.1) is 5.92 Å².